The number of carbonyl (C=O) groups excluding carboxylic acids is 1. The van der Waals surface area contributed by atoms with E-state index in [9.17, 15) is 4.79 Å². The van der Waals surface area contributed by atoms with E-state index in [-0.39, 0.29) is 5.91 Å². The molecule has 0 atom stereocenters. The topological polar surface area (TPSA) is 59.2 Å². The number of fused-ring (bicyclic) bond motifs is 1. The fraction of sp³-hybridized carbons (Fsp3) is 0.125. The van der Waals surface area contributed by atoms with Crippen molar-refractivity contribution < 1.29 is 9.32 Å². The molecule has 0 bridgehead atoms. The number of halogens is 1. The van der Waals surface area contributed by atoms with E-state index in [0.29, 0.717) is 34.1 Å². The molecule has 2 aromatic carbocycles. The maximum Gasteiger partial charge on any atom is 0.264 e. The lowest BCUT2D eigenvalue weighted by Gasteiger charge is -2.18. The van der Waals surface area contributed by atoms with Gasteiger partial charge in [-0.15, -0.1) is 0 Å². The number of amides is 1. The summed E-state index contributed by atoms with van der Waals surface area (Å²) in [6.07, 6.45) is 4.36. The van der Waals surface area contributed by atoms with Gasteiger partial charge in [-0.25, -0.2) is 0 Å². The average Bonchev–Trinajstić information content (AvgIpc) is 3.37. The molecule has 1 aliphatic heterocycles. The van der Waals surface area contributed by atoms with Crippen LogP contribution >= 0.6 is 11.6 Å². The maximum atomic E-state index is 13.5. The molecule has 1 amide bonds. The van der Waals surface area contributed by atoms with Crippen LogP contribution in [0.3, 0.4) is 0 Å². The highest BCUT2D eigenvalue weighted by Crippen LogP contribution is 2.36. The first-order valence-corrected chi connectivity index (χ1v) is 10.1. The fourth-order valence-electron chi connectivity index (χ4n) is 3.93. The lowest BCUT2D eigenvalue weighted by Crippen LogP contribution is -2.29. The van der Waals surface area contributed by atoms with Crippen molar-refractivity contribution in [1.29, 1.82) is 0 Å². The lowest BCUT2D eigenvalue weighted by molar-refractivity contribution is 0.0988. The highest BCUT2D eigenvalue weighted by atomic mass is 35.5. The Hall–Kier alpha value is -3.44. The van der Waals surface area contributed by atoms with Crippen molar-refractivity contribution in [2.75, 3.05) is 11.4 Å². The Morgan fingerprint density at radius 3 is 2.67 bits per heavy atom. The minimum Gasteiger partial charge on any atom is -0.360 e. The second-order valence-corrected chi connectivity index (χ2v) is 7.64. The number of aromatic nitrogens is 2. The van der Waals surface area contributed by atoms with Gasteiger partial charge in [0.2, 0.25) is 0 Å². The van der Waals surface area contributed by atoms with Gasteiger partial charge in [0.05, 0.1) is 5.02 Å². The van der Waals surface area contributed by atoms with E-state index in [1.165, 1.54) is 0 Å². The molecule has 148 valence electrons. The number of rotatable bonds is 3. The molecule has 0 aliphatic carbocycles. The van der Waals surface area contributed by atoms with Gasteiger partial charge in [0.15, 0.2) is 0 Å². The molecule has 3 heterocycles. The van der Waals surface area contributed by atoms with Crippen LogP contribution in [0.4, 0.5) is 5.69 Å². The Labute approximate surface area is 178 Å². The van der Waals surface area contributed by atoms with Gasteiger partial charge in [-0.1, -0.05) is 41.0 Å². The molecule has 0 saturated carbocycles. The molecule has 30 heavy (non-hydrogen) atoms. The molecule has 0 saturated heterocycles. The summed E-state index contributed by atoms with van der Waals surface area (Å²) in [5, 5.41) is 4.67. The number of benzene rings is 2. The van der Waals surface area contributed by atoms with Crippen LogP contribution in [-0.4, -0.2) is 22.6 Å². The number of hydrogen-bond acceptors (Lipinski definition) is 4. The van der Waals surface area contributed by atoms with Gasteiger partial charge in [0, 0.05) is 30.2 Å². The molecule has 4 aromatic rings. The Balaban J connectivity index is 1.52. The van der Waals surface area contributed by atoms with Gasteiger partial charge in [-0.05, 0) is 60.4 Å². The highest BCUT2D eigenvalue weighted by molar-refractivity contribution is 6.33. The largest absolute Gasteiger partial charge is 0.360 e. The first kappa shape index (κ1) is 18.6. The number of hydrogen-bond donors (Lipinski definition) is 0. The number of carbonyl (C=O) groups is 1. The van der Waals surface area contributed by atoms with Gasteiger partial charge in [0.25, 0.3) is 5.91 Å². The Bertz CT molecular complexity index is 1250. The monoisotopic (exact) mass is 415 g/mol. The molecule has 5 nitrogen and oxygen atoms in total. The zero-order valence-electron chi connectivity index (χ0n) is 16.3. The van der Waals surface area contributed by atoms with Gasteiger partial charge < -0.3 is 9.42 Å². The molecule has 6 heteroatoms. The number of aryl methyl sites for hydroxylation is 1. The van der Waals surface area contributed by atoms with Gasteiger partial charge in [-0.3, -0.25) is 9.78 Å². The van der Waals surface area contributed by atoms with Crippen molar-refractivity contribution in [3.05, 3.63) is 88.9 Å². The van der Waals surface area contributed by atoms with Gasteiger partial charge in [0.1, 0.15) is 17.0 Å². The SMILES string of the molecule is Cc1onc(-c2ccccc2Cl)c1C(=O)N1CCc2cc(-c3ccncc3)ccc21. The zero-order valence-corrected chi connectivity index (χ0v) is 17.1. The molecule has 2 aromatic heterocycles. The van der Waals surface area contributed by atoms with Crippen LogP contribution in [0.15, 0.2) is 71.5 Å². The summed E-state index contributed by atoms with van der Waals surface area (Å²) in [5.74, 6) is 0.357. The van der Waals surface area contributed by atoms with E-state index in [1.807, 2.05) is 42.5 Å². The quantitative estimate of drug-likeness (QED) is 0.439. The minimum atomic E-state index is -0.126. The summed E-state index contributed by atoms with van der Waals surface area (Å²) in [7, 11) is 0. The van der Waals surface area contributed by atoms with Crippen LogP contribution in [-0.2, 0) is 6.42 Å². The second kappa shape index (κ2) is 7.43. The summed E-state index contributed by atoms with van der Waals surface area (Å²) in [4.78, 5) is 19.4. The van der Waals surface area contributed by atoms with Crippen molar-refractivity contribution in [1.82, 2.24) is 10.1 Å². The summed E-state index contributed by atoms with van der Waals surface area (Å²) in [5.41, 5.74) is 5.90. The number of nitrogens with zero attached hydrogens (tertiary/aromatic N) is 3. The van der Waals surface area contributed by atoms with Gasteiger partial charge in [-0.2, -0.15) is 0 Å². The summed E-state index contributed by atoms with van der Waals surface area (Å²) in [6, 6.07) is 17.5. The zero-order chi connectivity index (χ0) is 20.7. The van der Waals surface area contributed by atoms with Crippen LogP contribution < -0.4 is 4.90 Å². The van der Waals surface area contributed by atoms with Crippen molar-refractivity contribution >= 4 is 23.2 Å². The van der Waals surface area contributed by atoms with Crippen LogP contribution in [0.5, 0.6) is 0 Å². The van der Waals surface area contributed by atoms with E-state index in [1.54, 1.807) is 30.3 Å². The number of anilines is 1. The molecule has 1 aliphatic rings. The van der Waals surface area contributed by atoms with Crippen molar-refractivity contribution in [3.8, 4) is 22.4 Å². The third-order valence-electron chi connectivity index (χ3n) is 5.44. The molecule has 0 spiro atoms. The summed E-state index contributed by atoms with van der Waals surface area (Å²) in [6.45, 7) is 2.37. The van der Waals surface area contributed by atoms with E-state index in [2.05, 4.69) is 16.2 Å². The van der Waals surface area contributed by atoms with E-state index in [0.717, 1.165) is 28.8 Å². The molecular weight excluding hydrogens is 398 g/mol. The minimum absolute atomic E-state index is 0.126. The molecule has 0 N–H and O–H groups in total. The Morgan fingerprint density at radius 1 is 1.07 bits per heavy atom. The molecule has 0 unspecified atom stereocenters. The number of pyridine rings is 1. The van der Waals surface area contributed by atoms with Crippen LogP contribution in [0.25, 0.3) is 22.4 Å². The Morgan fingerprint density at radius 2 is 1.87 bits per heavy atom. The third kappa shape index (κ3) is 3.08. The van der Waals surface area contributed by atoms with Crippen LogP contribution in [0, 0.1) is 6.92 Å². The van der Waals surface area contributed by atoms with Crippen molar-refractivity contribution in [2.24, 2.45) is 0 Å². The molecule has 0 radical (unpaired) electrons. The second-order valence-electron chi connectivity index (χ2n) is 7.23. The summed E-state index contributed by atoms with van der Waals surface area (Å²) < 4.78 is 5.39. The maximum absolute atomic E-state index is 13.5. The fourth-order valence-corrected chi connectivity index (χ4v) is 4.16. The van der Waals surface area contributed by atoms with Crippen LogP contribution in [0.2, 0.25) is 5.02 Å². The predicted molar refractivity (Wildman–Crippen MR) is 117 cm³/mol. The normalized spacial score (nSPS) is 12.8. The molecular formula is C24H18ClN3O2. The first-order valence-electron chi connectivity index (χ1n) is 9.70. The van der Waals surface area contributed by atoms with Crippen molar-refractivity contribution in [3.63, 3.8) is 0 Å². The van der Waals surface area contributed by atoms with Crippen LogP contribution in [0.1, 0.15) is 21.7 Å². The third-order valence-corrected chi connectivity index (χ3v) is 5.77. The molecule has 5 rings (SSSR count). The summed E-state index contributed by atoms with van der Waals surface area (Å²) >= 11 is 6.35. The van der Waals surface area contributed by atoms with Crippen molar-refractivity contribution in [2.45, 2.75) is 13.3 Å². The molecule has 0 fully saturated rings. The first-order chi connectivity index (χ1) is 14.6. The van der Waals surface area contributed by atoms with E-state index in [4.69, 9.17) is 16.1 Å². The van der Waals surface area contributed by atoms with Gasteiger partial charge >= 0.3 is 0 Å². The lowest BCUT2D eigenvalue weighted by atomic mass is 10.0. The van der Waals surface area contributed by atoms with E-state index >= 15 is 0 Å². The highest BCUT2D eigenvalue weighted by Gasteiger charge is 2.31. The Kier molecular flexibility index (Phi) is 4.60. The van der Waals surface area contributed by atoms with E-state index < -0.39 is 0 Å². The predicted octanol–water partition coefficient (Wildman–Crippen LogP) is 5.57. The average molecular weight is 416 g/mol. The smallest absolute Gasteiger partial charge is 0.264 e. The standard InChI is InChI=1S/C24H18ClN3O2/c1-15-22(23(27-30-15)19-4-2-3-5-20(19)25)24(29)28-13-10-18-14-17(6-7-21(18)28)16-8-11-26-12-9-16/h2-9,11-12,14H,10,13H2,1H3.